The number of nitrogens with zero attached hydrogens (tertiary/aromatic N) is 4. The van der Waals surface area contributed by atoms with Gasteiger partial charge in [-0.25, -0.2) is 4.39 Å². The molecule has 0 fully saturated rings. The maximum atomic E-state index is 15.3. The first-order valence-electron chi connectivity index (χ1n) is 26.0. The molecule has 0 saturated carbocycles. The van der Waals surface area contributed by atoms with Gasteiger partial charge in [0.15, 0.2) is 5.16 Å². The molecular weight excluding hydrogens is 640 g/mol. The van der Waals surface area contributed by atoms with Gasteiger partial charge in [-0.05, 0) is 78.1 Å². The van der Waals surface area contributed by atoms with Gasteiger partial charge in [-0.3, -0.25) is 9.59 Å². The zero-order valence-electron chi connectivity index (χ0n) is 50.0. The molecule has 3 aromatic carbocycles. The van der Waals surface area contributed by atoms with Gasteiger partial charge in [0.25, 0.3) is 5.56 Å². The molecule has 0 radical (unpaired) electrons. The smallest absolute Gasteiger partial charge is 0.336 e. The van der Waals surface area contributed by atoms with E-state index in [1.54, 1.807) is 0 Å². The van der Waals surface area contributed by atoms with Crippen molar-refractivity contribution in [3.63, 3.8) is 0 Å². The number of alkyl halides is 3. The van der Waals surface area contributed by atoms with Gasteiger partial charge < -0.3 is 14.4 Å². The minimum atomic E-state index is -5.51. The lowest BCUT2D eigenvalue weighted by Gasteiger charge is -2.28. The Labute approximate surface area is 317 Å². The Kier molecular flexibility index (Phi) is 4.94. The van der Waals surface area contributed by atoms with Crippen molar-refractivity contribution in [1.82, 2.24) is 19.4 Å². The summed E-state index contributed by atoms with van der Waals surface area (Å²) in [6.45, 7) is -20.4. The fraction of sp³-hybridized carbons (Fsp3) is 0.378. The summed E-state index contributed by atoms with van der Waals surface area (Å²) in [5, 5.41) is -1.12. The number of hydrogen-bond donors (Lipinski definition) is 0. The van der Waals surface area contributed by atoms with E-state index in [4.69, 9.17) is 28.8 Å². The fourth-order valence-electron chi connectivity index (χ4n) is 3.89. The van der Waals surface area contributed by atoms with Crippen LogP contribution < -0.4 is 5.56 Å². The van der Waals surface area contributed by atoms with Gasteiger partial charge in [-0.1, -0.05) is 80.9 Å². The third-order valence-corrected chi connectivity index (χ3v) is 6.97. The molecule has 1 atom stereocenters. The fourth-order valence-corrected chi connectivity index (χ4v) is 4.63. The van der Waals surface area contributed by atoms with E-state index in [1.165, 1.54) is 0 Å². The second-order valence-electron chi connectivity index (χ2n) is 9.44. The topological polar surface area (TPSA) is 58.4 Å². The maximum Gasteiger partial charge on any atom is 0.416 e. The van der Waals surface area contributed by atoms with Crippen LogP contribution in [0.3, 0.4) is 0 Å². The van der Waals surface area contributed by atoms with Gasteiger partial charge >= 0.3 is 6.18 Å². The summed E-state index contributed by atoms with van der Waals surface area (Å²) in [6.07, 6.45) is -12.3. The van der Waals surface area contributed by atoms with E-state index in [2.05, 4.69) is 4.98 Å². The molecule has 48 heavy (non-hydrogen) atoms. The molecule has 4 aromatic rings. The molecule has 6 nitrogen and oxygen atoms in total. The summed E-state index contributed by atoms with van der Waals surface area (Å²) in [5.74, 6) is -6.19. The number of rotatable bonds is 13. The SMILES string of the molecule is [2H]c1c([2H])c(C(F)(F)F)c([2H])c([2H])c1-c1c([2H])c([2H])c(C([2H])([2H])N(C(=O)Cn2c(SC([2H])([2H])c3ccc(F)cc3)nc(=O)c3c2C([2H])([2H])C([2H])(C)C3([2H])[2H])C([2H])([2H])C([2H])([2H])N(C([2H])([2H])C)C([2H])([2H])C)c([2H])c1[2H]. The predicted octanol–water partition coefficient (Wildman–Crippen LogP) is 7.47. The van der Waals surface area contributed by atoms with Crippen molar-refractivity contribution >= 4 is 17.7 Å². The molecular formula is C37H40F4N4O2S. The number of fused-ring (bicyclic) bond motifs is 1. The lowest BCUT2D eigenvalue weighted by molar-refractivity contribution is -0.137. The highest BCUT2D eigenvalue weighted by molar-refractivity contribution is 7.98. The van der Waals surface area contributed by atoms with E-state index in [0.717, 1.165) is 24.3 Å². The van der Waals surface area contributed by atoms with Crippen LogP contribution in [0.1, 0.15) is 83.0 Å². The van der Waals surface area contributed by atoms with Crippen molar-refractivity contribution in [3.05, 3.63) is 117 Å². The first-order valence-corrected chi connectivity index (χ1v) is 14.4. The van der Waals surface area contributed by atoms with Crippen molar-refractivity contribution in [2.24, 2.45) is 5.89 Å². The minimum Gasteiger partial charge on any atom is -0.336 e. The number of likely N-dealkylation sites (N-methyl/N-ethyl adjacent to an activating group) is 1. The van der Waals surface area contributed by atoms with Crippen molar-refractivity contribution in [3.8, 4) is 11.1 Å². The summed E-state index contributed by atoms with van der Waals surface area (Å²) < 4.78 is 274. The Morgan fingerprint density at radius 1 is 1.02 bits per heavy atom. The van der Waals surface area contributed by atoms with E-state index < -0.39 is 189 Å². The highest BCUT2D eigenvalue weighted by Crippen LogP contribution is 2.32. The normalized spacial score (nSPS) is 27.4. The molecule has 254 valence electrons. The zero-order valence-corrected chi connectivity index (χ0v) is 25.9. The standard InChI is InChI=1S/C37H40F4N4O2S/c1-4-43(5-2)18-19-44(22-26-6-10-28(11-7-26)29-12-14-30(15-13-29)37(39,40)41)34(46)23-45-33-21-25(3)20-32(33)35(47)42-36(45)48-24-27-8-16-31(38)17-9-27/h6-17,25H,4-5,18-24H2,1-3H3/i4D2,5D2,6D,7D,10D,11D,12D,13D,14D,15D,18D2,19D2,20D2,21D2,22D2,24D2,25D. The Morgan fingerprint density at radius 2 is 1.65 bits per heavy atom. The van der Waals surface area contributed by atoms with E-state index in [-0.39, 0.29) is 16.3 Å². The number of carbonyl (C=O) groups is 1. The van der Waals surface area contributed by atoms with Crippen LogP contribution in [0.15, 0.2) is 82.6 Å². The molecule has 1 heterocycles. The summed E-state index contributed by atoms with van der Waals surface area (Å²) in [7, 11) is 0. The molecule has 1 aliphatic rings. The van der Waals surface area contributed by atoms with E-state index >= 15 is 4.79 Å². The summed E-state index contributed by atoms with van der Waals surface area (Å²) in [6, 6.07) is -9.84. The highest BCUT2D eigenvalue weighted by atomic mass is 32.2. The lowest BCUT2D eigenvalue weighted by atomic mass is 10.0. The Balaban J connectivity index is 1.93. The monoisotopic (exact) mass is 705 g/mol. The minimum absolute atomic E-state index is 0.147. The van der Waals surface area contributed by atoms with Gasteiger partial charge in [0.05, 0.1) is 22.0 Å². The van der Waals surface area contributed by atoms with Gasteiger partial charge in [-0.15, -0.1) is 0 Å². The average Bonchev–Trinajstić information content (AvgIpc) is 3.30. The first kappa shape index (κ1) is 15.3. The summed E-state index contributed by atoms with van der Waals surface area (Å²) in [5.41, 5.74) is -14.0. The van der Waals surface area contributed by atoms with E-state index in [9.17, 15) is 27.8 Å². The number of carbonyl (C=O) groups excluding carboxylic acids is 1. The number of thioether (sulfide) groups is 1. The Morgan fingerprint density at radius 3 is 2.25 bits per heavy atom. The van der Waals surface area contributed by atoms with Crippen LogP contribution in [-0.2, 0) is 42.5 Å². The van der Waals surface area contributed by atoms with Crippen molar-refractivity contribution < 1.29 is 56.6 Å². The molecule has 0 spiro atoms. The number of benzene rings is 3. The average molecular weight is 706 g/mol. The van der Waals surface area contributed by atoms with Crippen LogP contribution >= 0.6 is 11.8 Å². The number of amides is 1. The van der Waals surface area contributed by atoms with Gasteiger partial charge in [0.2, 0.25) is 5.91 Å². The molecule has 0 saturated heterocycles. The van der Waals surface area contributed by atoms with Crippen LogP contribution in [0, 0.1) is 11.7 Å². The molecule has 0 bridgehead atoms. The predicted molar refractivity (Wildman–Crippen MR) is 181 cm³/mol. The third-order valence-electron chi connectivity index (χ3n) is 6.14. The largest absolute Gasteiger partial charge is 0.416 e. The molecule has 1 amide bonds. The summed E-state index contributed by atoms with van der Waals surface area (Å²) >= 11 is -0.147. The third kappa shape index (κ3) is 8.73. The molecule has 5 rings (SSSR count). The van der Waals surface area contributed by atoms with Crippen LogP contribution in [-0.4, -0.2) is 51.2 Å². The molecule has 0 N–H and O–H groups in total. The van der Waals surface area contributed by atoms with Gasteiger partial charge in [-0.2, -0.15) is 18.2 Å². The van der Waals surface area contributed by atoms with Gasteiger partial charge in [0, 0.05) is 54.3 Å². The van der Waals surface area contributed by atoms with Crippen molar-refractivity contribution in [2.75, 3.05) is 26.0 Å². The number of aromatic nitrogens is 2. The molecule has 1 unspecified atom stereocenters. The molecule has 0 aliphatic heterocycles. The second-order valence-corrected chi connectivity index (χ2v) is 10.2. The quantitative estimate of drug-likeness (QED) is 0.0822. The van der Waals surface area contributed by atoms with Gasteiger partial charge in [0.1, 0.15) is 12.4 Å². The maximum absolute atomic E-state index is 15.3. The van der Waals surface area contributed by atoms with Crippen LogP contribution in [0.2, 0.25) is 0 Å². The molecule has 11 heteroatoms. The number of halogens is 4. The highest BCUT2D eigenvalue weighted by Gasteiger charge is 2.30. The van der Waals surface area contributed by atoms with Crippen LogP contribution in [0.5, 0.6) is 0 Å². The first-order chi connectivity index (χ1) is 32.5. The molecule has 1 aromatic heterocycles. The van der Waals surface area contributed by atoms with E-state index in [1.807, 2.05) is 0 Å². The lowest BCUT2D eigenvalue weighted by Crippen LogP contribution is -2.40. The number of hydrogen-bond acceptors (Lipinski definition) is 5. The second kappa shape index (κ2) is 15.5. The van der Waals surface area contributed by atoms with Crippen molar-refractivity contribution in [1.29, 1.82) is 0 Å². The zero-order chi connectivity index (χ0) is 56.7. The Hall–Kier alpha value is -3.96. The van der Waals surface area contributed by atoms with Crippen LogP contribution in [0.4, 0.5) is 17.6 Å². The van der Waals surface area contributed by atoms with Crippen molar-refractivity contribution in [2.45, 2.75) is 63.6 Å². The van der Waals surface area contributed by atoms with Crippen LogP contribution in [0.25, 0.3) is 11.1 Å². The molecule has 1 aliphatic carbocycles. The summed E-state index contributed by atoms with van der Waals surface area (Å²) in [4.78, 5) is 31.4. The Bertz CT molecular complexity index is 2900. The van der Waals surface area contributed by atoms with E-state index in [0.29, 0.717) is 20.8 Å².